The van der Waals surface area contributed by atoms with Crippen LogP contribution in [-0.4, -0.2) is 56.6 Å². The van der Waals surface area contributed by atoms with Gasteiger partial charge in [0.05, 0.1) is 20.8 Å². The monoisotopic (exact) mass is 476 g/mol. The van der Waals surface area contributed by atoms with Gasteiger partial charge in [0.25, 0.3) is 0 Å². The van der Waals surface area contributed by atoms with Gasteiger partial charge < -0.3 is 14.2 Å². The summed E-state index contributed by atoms with van der Waals surface area (Å²) < 4.78 is 17.1. The maximum Gasteiger partial charge on any atom is 0.415 e. The molecule has 2 heterocycles. The van der Waals surface area contributed by atoms with Crippen LogP contribution in [0.25, 0.3) is 10.8 Å². The first kappa shape index (κ1) is 24.3. The van der Waals surface area contributed by atoms with Crippen LogP contribution in [0.2, 0.25) is 0 Å². The summed E-state index contributed by atoms with van der Waals surface area (Å²) in [6, 6.07) is 20.1. The van der Waals surface area contributed by atoms with Gasteiger partial charge in [-0.2, -0.15) is 9.59 Å². The van der Waals surface area contributed by atoms with Gasteiger partial charge in [0, 0.05) is 48.9 Å². The molecule has 0 saturated carbocycles. The van der Waals surface area contributed by atoms with Crippen LogP contribution >= 0.6 is 0 Å². The number of carbonyl (C=O) groups excluding carboxylic acids is 3. The third-order valence-corrected chi connectivity index (χ3v) is 6.63. The Kier molecular flexibility index (Phi) is 7.34. The lowest BCUT2D eigenvalue weighted by Crippen LogP contribution is -2.46. The Balaban J connectivity index is 0.000000917. The van der Waals surface area contributed by atoms with E-state index in [2.05, 4.69) is 23.1 Å². The molecule has 35 heavy (non-hydrogen) atoms. The lowest BCUT2D eigenvalue weighted by molar-refractivity contribution is -0.191. The zero-order valence-corrected chi connectivity index (χ0v) is 19.9. The van der Waals surface area contributed by atoms with E-state index in [1.165, 1.54) is 5.56 Å². The van der Waals surface area contributed by atoms with Gasteiger partial charge in [0.1, 0.15) is 17.1 Å². The molecule has 0 unspecified atom stereocenters. The van der Waals surface area contributed by atoms with Crippen LogP contribution in [0.4, 0.5) is 10.5 Å². The Labute approximate surface area is 204 Å². The van der Waals surface area contributed by atoms with Gasteiger partial charge in [-0.15, -0.1) is 0 Å². The number of amides is 1. The highest BCUT2D eigenvalue weighted by atomic mass is 16.6. The molecule has 8 nitrogen and oxygen atoms in total. The number of methoxy groups -OCH3 is 2. The minimum absolute atomic E-state index is 0.240. The quantitative estimate of drug-likeness (QED) is 0.544. The molecule has 2 aliphatic heterocycles. The van der Waals surface area contributed by atoms with E-state index in [9.17, 15) is 4.79 Å². The standard InChI is InChI=1S/C26H28N2O4.CO2/c1-30-23-10-6-9-21-22(23)15-19(16-24(21)31-2)17-27-13-11-26(12-14-27)18-28(25(29)32-26)20-7-4-3-5-8-20;2-1-3/h3-10,15-16H,11-14,17-18H2,1-2H3;. The van der Waals surface area contributed by atoms with Gasteiger partial charge >= 0.3 is 12.2 Å². The summed E-state index contributed by atoms with van der Waals surface area (Å²) >= 11 is 0. The van der Waals surface area contributed by atoms with Crippen molar-refractivity contribution in [3.63, 3.8) is 0 Å². The van der Waals surface area contributed by atoms with E-state index >= 15 is 0 Å². The second kappa shape index (κ2) is 10.6. The fourth-order valence-electron chi connectivity index (χ4n) is 4.89. The second-order valence-electron chi connectivity index (χ2n) is 8.69. The smallest absolute Gasteiger partial charge is 0.415 e. The molecule has 0 atom stereocenters. The van der Waals surface area contributed by atoms with Gasteiger partial charge in [-0.1, -0.05) is 30.3 Å². The molecule has 2 aliphatic rings. The molecule has 8 heteroatoms. The molecule has 2 fully saturated rings. The number of hydrogen-bond donors (Lipinski definition) is 0. The van der Waals surface area contributed by atoms with Crippen LogP contribution in [0.15, 0.2) is 60.7 Å². The third kappa shape index (κ3) is 5.14. The van der Waals surface area contributed by atoms with E-state index in [0.29, 0.717) is 6.54 Å². The van der Waals surface area contributed by atoms with Gasteiger partial charge in [-0.3, -0.25) is 9.80 Å². The number of para-hydroxylation sites is 1. The van der Waals surface area contributed by atoms with Crippen LogP contribution in [0, 0.1) is 0 Å². The summed E-state index contributed by atoms with van der Waals surface area (Å²) in [7, 11) is 3.40. The van der Waals surface area contributed by atoms with E-state index in [1.807, 2.05) is 42.5 Å². The van der Waals surface area contributed by atoms with Crippen molar-refractivity contribution < 1.29 is 28.6 Å². The number of nitrogens with zero attached hydrogens (tertiary/aromatic N) is 2. The Bertz CT molecular complexity index is 1220. The number of ether oxygens (including phenoxy) is 3. The van der Waals surface area contributed by atoms with Crippen LogP contribution < -0.4 is 14.4 Å². The van der Waals surface area contributed by atoms with E-state index < -0.39 is 5.60 Å². The van der Waals surface area contributed by atoms with E-state index in [-0.39, 0.29) is 12.2 Å². The average Bonchev–Trinajstić information content (AvgIpc) is 3.21. The first-order valence-electron chi connectivity index (χ1n) is 11.4. The largest absolute Gasteiger partial charge is 0.496 e. The molecule has 0 N–H and O–H groups in total. The molecule has 0 aromatic heterocycles. The zero-order valence-electron chi connectivity index (χ0n) is 19.9. The van der Waals surface area contributed by atoms with E-state index in [4.69, 9.17) is 23.8 Å². The fourth-order valence-corrected chi connectivity index (χ4v) is 4.89. The van der Waals surface area contributed by atoms with Gasteiger partial charge in [-0.05, 0) is 35.9 Å². The maximum atomic E-state index is 12.5. The average molecular weight is 477 g/mol. The molecule has 1 amide bonds. The highest BCUT2D eigenvalue weighted by Gasteiger charge is 2.47. The minimum atomic E-state index is -0.395. The van der Waals surface area contributed by atoms with E-state index in [0.717, 1.165) is 60.4 Å². The lowest BCUT2D eigenvalue weighted by atomic mass is 9.91. The Morgan fingerprint density at radius 3 is 2.26 bits per heavy atom. The number of rotatable bonds is 5. The normalized spacial score (nSPS) is 16.9. The topological polar surface area (TPSA) is 85.4 Å². The van der Waals surface area contributed by atoms with Gasteiger partial charge in [0.2, 0.25) is 0 Å². The van der Waals surface area contributed by atoms with Crippen molar-refractivity contribution in [1.82, 2.24) is 4.90 Å². The predicted octanol–water partition coefficient (Wildman–Crippen LogP) is 4.26. The molecule has 0 aliphatic carbocycles. The van der Waals surface area contributed by atoms with Crippen LogP contribution in [-0.2, 0) is 20.9 Å². The van der Waals surface area contributed by atoms with Crippen molar-refractivity contribution in [3.05, 3.63) is 66.2 Å². The number of piperidine rings is 1. The van der Waals surface area contributed by atoms with Crippen LogP contribution in [0.3, 0.4) is 0 Å². The highest BCUT2D eigenvalue weighted by molar-refractivity contribution is 5.94. The molecular weight excluding hydrogens is 448 g/mol. The summed E-state index contributed by atoms with van der Waals surface area (Å²) in [4.78, 5) is 33.0. The number of carbonyl (C=O) groups is 1. The van der Waals surface area contributed by atoms with Gasteiger partial charge in [0.15, 0.2) is 0 Å². The third-order valence-electron chi connectivity index (χ3n) is 6.63. The molecule has 0 radical (unpaired) electrons. The van der Waals surface area contributed by atoms with Crippen molar-refractivity contribution in [2.45, 2.75) is 25.0 Å². The second-order valence-corrected chi connectivity index (χ2v) is 8.69. The summed E-state index contributed by atoms with van der Waals surface area (Å²) in [5.41, 5.74) is 1.69. The van der Waals surface area contributed by atoms with Crippen molar-refractivity contribution in [2.24, 2.45) is 0 Å². The SMILES string of the molecule is COc1cc(CN2CCC3(CC2)CN(c2ccccc2)C(=O)O3)cc2c(OC)cccc12.O=C=O. The maximum absolute atomic E-state index is 12.5. The number of likely N-dealkylation sites (tertiary alicyclic amines) is 1. The van der Waals surface area contributed by atoms with Crippen LogP contribution in [0.1, 0.15) is 18.4 Å². The summed E-state index contributed by atoms with van der Waals surface area (Å²) in [5, 5.41) is 2.10. The van der Waals surface area contributed by atoms with Crippen molar-refractivity contribution in [1.29, 1.82) is 0 Å². The summed E-state index contributed by atoms with van der Waals surface area (Å²) in [6.07, 6.45) is 1.67. The molecule has 3 aromatic rings. The summed E-state index contributed by atoms with van der Waals surface area (Å²) in [6.45, 7) is 3.19. The Hall–Kier alpha value is -3.87. The predicted molar refractivity (Wildman–Crippen MR) is 130 cm³/mol. The molecule has 1 spiro atoms. The van der Waals surface area contributed by atoms with Gasteiger partial charge in [-0.25, -0.2) is 4.79 Å². The lowest BCUT2D eigenvalue weighted by Gasteiger charge is -2.37. The zero-order chi connectivity index (χ0) is 24.8. The Morgan fingerprint density at radius 1 is 0.914 bits per heavy atom. The highest BCUT2D eigenvalue weighted by Crippen LogP contribution is 2.37. The van der Waals surface area contributed by atoms with Crippen molar-refractivity contribution in [3.8, 4) is 11.5 Å². The first-order chi connectivity index (χ1) is 17.0. The molecule has 2 saturated heterocycles. The van der Waals surface area contributed by atoms with E-state index in [1.54, 1.807) is 19.1 Å². The molecule has 3 aromatic carbocycles. The summed E-state index contributed by atoms with van der Waals surface area (Å²) in [5.74, 6) is 1.70. The molecular formula is C27H28N2O6. The number of anilines is 1. The van der Waals surface area contributed by atoms with Crippen molar-refractivity contribution >= 4 is 28.7 Å². The minimum Gasteiger partial charge on any atom is -0.496 e. The fraction of sp³-hybridized carbons (Fsp3) is 0.333. The Morgan fingerprint density at radius 2 is 1.60 bits per heavy atom. The number of hydrogen-bond acceptors (Lipinski definition) is 7. The molecule has 0 bridgehead atoms. The number of fused-ring (bicyclic) bond motifs is 1. The molecule has 182 valence electrons. The molecule has 5 rings (SSSR count). The van der Waals surface area contributed by atoms with Crippen molar-refractivity contribution in [2.75, 3.05) is 38.8 Å². The first-order valence-corrected chi connectivity index (χ1v) is 11.4. The van der Waals surface area contributed by atoms with Crippen LogP contribution in [0.5, 0.6) is 11.5 Å². The number of benzene rings is 3.